The number of nitrogens with zero attached hydrogens (tertiary/aromatic N) is 3. The Morgan fingerprint density at radius 3 is 2.60 bits per heavy atom. The number of alkyl halides is 3. The molecule has 2 heterocycles. The lowest BCUT2D eigenvalue weighted by Gasteiger charge is -2.36. The second kappa shape index (κ2) is 8.31. The molecule has 8 heteroatoms. The van der Waals surface area contributed by atoms with E-state index in [1.54, 1.807) is 4.90 Å². The van der Waals surface area contributed by atoms with Gasteiger partial charge in [0.15, 0.2) is 0 Å². The molecule has 30 heavy (non-hydrogen) atoms. The van der Waals surface area contributed by atoms with Crippen molar-refractivity contribution in [3.63, 3.8) is 0 Å². The molecule has 1 amide bonds. The highest BCUT2D eigenvalue weighted by molar-refractivity contribution is 5.92. The molecule has 0 saturated carbocycles. The van der Waals surface area contributed by atoms with Gasteiger partial charge in [0.2, 0.25) is 5.82 Å². The summed E-state index contributed by atoms with van der Waals surface area (Å²) in [4.78, 5) is 19.2. The van der Waals surface area contributed by atoms with Crippen LogP contribution in [0.4, 0.5) is 13.2 Å². The molecule has 2 aromatic carbocycles. The number of benzene rings is 2. The molecule has 1 aromatic heterocycles. The summed E-state index contributed by atoms with van der Waals surface area (Å²) >= 11 is 0. The molecule has 4 rings (SSSR count). The van der Waals surface area contributed by atoms with E-state index >= 15 is 0 Å². The van der Waals surface area contributed by atoms with Crippen LogP contribution in [0.15, 0.2) is 67.0 Å². The van der Waals surface area contributed by atoms with E-state index < -0.39 is 11.7 Å². The van der Waals surface area contributed by atoms with Crippen molar-refractivity contribution < 1.29 is 18.0 Å². The van der Waals surface area contributed by atoms with Crippen LogP contribution in [-0.4, -0.2) is 46.0 Å². The van der Waals surface area contributed by atoms with Crippen molar-refractivity contribution in [3.05, 3.63) is 83.9 Å². The van der Waals surface area contributed by atoms with Crippen LogP contribution >= 0.6 is 0 Å². The molecule has 1 unspecified atom stereocenters. The van der Waals surface area contributed by atoms with Gasteiger partial charge in [0.25, 0.3) is 5.91 Å². The van der Waals surface area contributed by atoms with Crippen molar-refractivity contribution >= 4 is 5.91 Å². The number of rotatable bonds is 4. The SMILES string of the molecule is O=C(c1nccn1-c1ccccc1C(F)(F)F)N1CCNCC1Cc1ccccc1. The summed E-state index contributed by atoms with van der Waals surface area (Å²) in [5.74, 6) is -0.397. The first kappa shape index (κ1) is 20.2. The van der Waals surface area contributed by atoms with E-state index in [2.05, 4.69) is 10.3 Å². The van der Waals surface area contributed by atoms with E-state index in [9.17, 15) is 18.0 Å². The number of hydrogen-bond acceptors (Lipinski definition) is 3. The monoisotopic (exact) mass is 414 g/mol. The summed E-state index contributed by atoms with van der Waals surface area (Å²) in [6.07, 6.45) is -1.13. The highest BCUT2D eigenvalue weighted by Crippen LogP contribution is 2.34. The number of amides is 1. The fraction of sp³-hybridized carbons (Fsp3) is 0.273. The Kier molecular flexibility index (Phi) is 5.59. The molecular formula is C22H21F3N4O. The number of nitrogens with one attached hydrogen (secondary N) is 1. The van der Waals surface area contributed by atoms with E-state index in [4.69, 9.17) is 0 Å². The van der Waals surface area contributed by atoms with E-state index in [0.717, 1.165) is 11.6 Å². The minimum Gasteiger partial charge on any atom is -0.330 e. The van der Waals surface area contributed by atoms with Crippen LogP contribution in [0, 0.1) is 0 Å². The molecule has 0 bridgehead atoms. The topological polar surface area (TPSA) is 50.2 Å². The molecule has 0 radical (unpaired) electrons. The number of carbonyl (C=O) groups is 1. The molecular weight excluding hydrogens is 393 g/mol. The lowest BCUT2D eigenvalue weighted by atomic mass is 10.0. The summed E-state index contributed by atoms with van der Waals surface area (Å²) in [7, 11) is 0. The molecule has 3 aromatic rings. The second-order valence-corrected chi connectivity index (χ2v) is 7.18. The van der Waals surface area contributed by atoms with Gasteiger partial charge in [0.05, 0.1) is 11.3 Å². The van der Waals surface area contributed by atoms with Gasteiger partial charge in [-0.25, -0.2) is 4.98 Å². The minimum atomic E-state index is -4.54. The maximum Gasteiger partial charge on any atom is 0.418 e. The number of piperazine rings is 1. The number of imidazole rings is 1. The third-order valence-electron chi connectivity index (χ3n) is 5.23. The predicted octanol–water partition coefficient (Wildman–Crippen LogP) is 3.55. The molecule has 0 aliphatic carbocycles. The summed E-state index contributed by atoms with van der Waals surface area (Å²) in [6, 6.07) is 14.9. The van der Waals surface area contributed by atoms with Crippen molar-refractivity contribution in [3.8, 4) is 5.69 Å². The molecule has 0 spiro atoms. The quantitative estimate of drug-likeness (QED) is 0.711. The summed E-state index contributed by atoms with van der Waals surface area (Å²) in [5, 5.41) is 3.29. The smallest absolute Gasteiger partial charge is 0.330 e. The zero-order valence-electron chi connectivity index (χ0n) is 16.1. The second-order valence-electron chi connectivity index (χ2n) is 7.18. The number of halogens is 3. The normalized spacial score (nSPS) is 17.2. The van der Waals surface area contributed by atoms with Crippen LogP contribution in [0.1, 0.15) is 21.7 Å². The molecule has 1 atom stereocenters. The van der Waals surface area contributed by atoms with E-state index in [1.807, 2.05) is 30.3 Å². The van der Waals surface area contributed by atoms with Crippen LogP contribution < -0.4 is 5.32 Å². The lowest BCUT2D eigenvalue weighted by molar-refractivity contribution is -0.137. The number of aromatic nitrogens is 2. The zero-order valence-corrected chi connectivity index (χ0v) is 16.1. The molecule has 1 aliphatic heterocycles. The third-order valence-corrected chi connectivity index (χ3v) is 5.23. The lowest BCUT2D eigenvalue weighted by Crippen LogP contribution is -2.54. The van der Waals surface area contributed by atoms with Gasteiger partial charge in [-0.2, -0.15) is 13.2 Å². The fourth-order valence-corrected chi connectivity index (χ4v) is 3.80. The molecule has 1 N–H and O–H groups in total. The molecule has 5 nitrogen and oxygen atoms in total. The van der Waals surface area contributed by atoms with Crippen molar-refractivity contribution in [2.75, 3.05) is 19.6 Å². The standard InChI is InChI=1S/C22H21F3N4O/c23-22(24,25)18-8-4-5-9-19(18)29-13-11-27-20(29)21(30)28-12-10-26-15-17(28)14-16-6-2-1-3-7-16/h1-9,11,13,17,26H,10,12,14-15H2. The van der Waals surface area contributed by atoms with Gasteiger partial charge in [-0.05, 0) is 24.1 Å². The summed E-state index contributed by atoms with van der Waals surface area (Å²) in [5.41, 5.74) is 0.175. The first-order valence-electron chi connectivity index (χ1n) is 9.70. The Hall–Kier alpha value is -3.13. The molecule has 1 fully saturated rings. The van der Waals surface area contributed by atoms with Gasteiger partial charge < -0.3 is 10.2 Å². The first-order chi connectivity index (χ1) is 14.4. The highest BCUT2D eigenvalue weighted by atomic mass is 19.4. The Bertz CT molecular complexity index is 1020. The minimum absolute atomic E-state index is 0.0216. The average molecular weight is 414 g/mol. The average Bonchev–Trinajstić information content (AvgIpc) is 3.24. The largest absolute Gasteiger partial charge is 0.418 e. The van der Waals surface area contributed by atoms with Gasteiger partial charge in [0, 0.05) is 38.1 Å². The van der Waals surface area contributed by atoms with Gasteiger partial charge in [0.1, 0.15) is 0 Å². The first-order valence-corrected chi connectivity index (χ1v) is 9.70. The van der Waals surface area contributed by atoms with Crippen LogP contribution in [0.3, 0.4) is 0 Å². The van der Waals surface area contributed by atoms with Crippen LogP contribution in [-0.2, 0) is 12.6 Å². The molecule has 156 valence electrons. The van der Waals surface area contributed by atoms with Crippen LogP contribution in [0.25, 0.3) is 5.69 Å². The van der Waals surface area contributed by atoms with Gasteiger partial charge in [-0.3, -0.25) is 9.36 Å². The maximum atomic E-state index is 13.5. The Morgan fingerprint density at radius 2 is 1.83 bits per heavy atom. The van der Waals surface area contributed by atoms with E-state index in [0.29, 0.717) is 26.1 Å². The predicted molar refractivity (Wildman–Crippen MR) is 106 cm³/mol. The van der Waals surface area contributed by atoms with Crippen molar-refractivity contribution in [2.24, 2.45) is 0 Å². The Labute approximate surface area is 172 Å². The van der Waals surface area contributed by atoms with E-state index in [1.165, 1.54) is 35.2 Å². The van der Waals surface area contributed by atoms with Gasteiger partial charge in [-0.1, -0.05) is 42.5 Å². The fourth-order valence-electron chi connectivity index (χ4n) is 3.80. The maximum absolute atomic E-state index is 13.5. The number of carbonyl (C=O) groups excluding carboxylic acids is 1. The Morgan fingerprint density at radius 1 is 1.10 bits per heavy atom. The van der Waals surface area contributed by atoms with Gasteiger partial charge in [-0.15, -0.1) is 0 Å². The summed E-state index contributed by atoms with van der Waals surface area (Å²) < 4.78 is 41.7. The zero-order chi connectivity index (χ0) is 21.1. The highest BCUT2D eigenvalue weighted by Gasteiger charge is 2.35. The van der Waals surface area contributed by atoms with E-state index in [-0.39, 0.29) is 23.5 Å². The van der Waals surface area contributed by atoms with Crippen LogP contribution in [0.5, 0.6) is 0 Å². The Balaban J connectivity index is 1.66. The third kappa shape index (κ3) is 4.09. The molecule has 1 saturated heterocycles. The summed E-state index contributed by atoms with van der Waals surface area (Å²) in [6.45, 7) is 1.70. The van der Waals surface area contributed by atoms with Crippen molar-refractivity contribution in [2.45, 2.75) is 18.6 Å². The number of para-hydroxylation sites is 1. The molecule has 1 aliphatic rings. The van der Waals surface area contributed by atoms with Gasteiger partial charge >= 0.3 is 6.18 Å². The van der Waals surface area contributed by atoms with Crippen molar-refractivity contribution in [1.82, 2.24) is 19.8 Å². The van der Waals surface area contributed by atoms with Crippen LogP contribution in [0.2, 0.25) is 0 Å². The van der Waals surface area contributed by atoms with Crippen molar-refractivity contribution in [1.29, 1.82) is 0 Å². The number of hydrogen-bond donors (Lipinski definition) is 1.